The Balaban J connectivity index is 1.86. The van der Waals surface area contributed by atoms with Gasteiger partial charge in [-0.1, -0.05) is 43.6 Å². The number of carboxylic acids is 1. The van der Waals surface area contributed by atoms with Crippen molar-refractivity contribution in [1.29, 1.82) is 0 Å². The molecule has 1 fully saturated rings. The molecule has 158 valence electrons. The highest BCUT2D eigenvalue weighted by Gasteiger charge is 2.46. The maximum Gasteiger partial charge on any atom is 0.355 e. The SMILES string of the molecule is CC(C)CC(C(=O)Nc1nc(C(=O)O)cs1)N1C(=O)NC(c2ccccc2Cl)C1=O. The van der Waals surface area contributed by atoms with E-state index in [-0.39, 0.29) is 23.2 Å². The largest absolute Gasteiger partial charge is 0.476 e. The molecule has 2 atom stereocenters. The van der Waals surface area contributed by atoms with Gasteiger partial charge in [0.05, 0.1) is 0 Å². The minimum atomic E-state index is -1.22. The van der Waals surface area contributed by atoms with Gasteiger partial charge in [0, 0.05) is 16.0 Å². The summed E-state index contributed by atoms with van der Waals surface area (Å²) in [6.07, 6.45) is 0.220. The van der Waals surface area contributed by atoms with Gasteiger partial charge in [0.2, 0.25) is 5.91 Å². The number of hydrogen-bond donors (Lipinski definition) is 3. The summed E-state index contributed by atoms with van der Waals surface area (Å²) in [5, 5.41) is 15.8. The first-order valence-corrected chi connectivity index (χ1v) is 10.3. The lowest BCUT2D eigenvalue weighted by Crippen LogP contribution is -2.48. The van der Waals surface area contributed by atoms with Crippen molar-refractivity contribution in [3.8, 4) is 0 Å². The molecular weight excluding hydrogens is 432 g/mol. The molecular formula is C19H19ClN4O5S. The Morgan fingerprint density at radius 2 is 2.03 bits per heavy atom. The van der Waals surface area contributed by atoms with Crippen LogP contribution in [0.5, 0.6) is 0 Å². The molecule has 0 spiro atoms. The summed E-state index contributed by atoms with van der Waals surface area (Å²) in [6.45, 7) is 3.71. The van der Waals surface area contributed by atoms with E-state index in [1.165, 1.54) is 5.38 Å². The summed E-state index contributed by atoms with van der Waals surface area (Å²) in [6, 6.07) is 3.86. The van der Waals surface area contributed by atoms with E-state index >= 15 is 0 Å². The second-order valence-electron chi connectivity index (χ2n) is 7.09. The Bertz CT molecular complexity index is 1010. The monoisotopic (exact) mass is 450 g/mol. The average Bonchev–Trinajstić information content (AvgIpc) is 3.25. The Labute approximate surface area is 181 Å². The molecule has 30 heavy (non-hydrogen) atoms. The highest BCUT2D eigenvalue weighted by atomic mass is 35.5. The van der Waals surface area contributed by atoms with E-state index in [1.807, 2.05) is 13.8 Å². The molecule has 4 amide bonds. The first-order chi connectivity index (χ1) is 14.2. The Hall–Kier alpha value is -2.98. The van der Waals surface area contributed by atoms with E-state index in [0.29, 0.717) is 10.6 Å². The summed E-state index contributed by atoms with van der Waals surface area (Å²) in [4.78, 5) is 54.3. The lowest BCUT2D eigenvalue weighted by atomic mass is 10.0. The van der Waals surface area contributed by atoms with Crippen LogP contribution in [-0.2, 0) is 9.59 Å². The van der Waals surface area contributed by atoms with Crippen LogP contribution in [0.4, 0.5) is 9.93 Å². The first-order valence-electron chi connectivity index (χ1n) is 9.06. The number of aromatic nitrogens is 1. The molecule has 0 aliphatic carbocycles. The van der Waals surface area contributed by atoms with E-state index in [0.717, 1.165) is 16.2 Å². The van der Waals surface area contributed by atoms with Crippen LogP contribution in [0.1, 0.15) is 42.4 Å². The lowest BCUT2D eigenvalue weighted by Gasteiger charge is -2.25. The summed E-state index contributed by atoms with van der Waals surface area (Å²) < 4.78 is 0. The molecule has 1 aromatic heterocycles. The third kappa shape index (κ3) is 4.44. The van der Waals surface area contributed by atoms with Crippen molar-refractivity contribution in [1.82, 2.24) is 15.2 Å². The van der Waals surface area contributed by atoms with Crippen LogP contribution in [0.3, 0.4) is 0 Å². The van der Waals surface area contributed by atoms with Crippen molar-refractivity contribution >= 4 is 51.9 Å². The molecule has 3 N–H and O–H groups in total. The summed E-state index contributed by atoms with van der Waals surface area (Å²) >= 11 is 7.11. The lowest BCUT2D eigenvalue weighted by molar-refractivity contribution is -0.134. The number of benzene rings is 1. The van der Waals surface area contributed by atoms with Crippen LogP contribution < -0.4 is 10.6 Å². The molecule has 3 rings (SSSR count). The molecule has 1 aromatic carbocycles. The number of halogens is 1. The summed E-state index contributed by atoms with van der Waals surface area (Å²) in [7, 11) is 0. The molecule has 2 heterocycles. The molecule has 11 heteroatoms. The van der Waals surface area contributed by atoms with E-state index in [4.69, 9.17) is 16.7 Å². The van der Waals surface area contributed by atoms with E-state index in [2.05, 4.69) is 15.6 Å². The number of nitrogens with zero attached hydrogens (tertiary/aromatic N) is 2. The van der Waals surface area contributed by atoms with Gasteiger partial charge in [-0.05, 0) is 18.4 Å². The summed E-state index contributed by atoms with van der Waals surface area (Å²) in [5.74, 6) is -2.44. The smallest absolute Gasteiger partial charge is 0.355 e. The molecule has 0 saturated carbocycles. The van der Waals surface area contributed by atoms with Crippen molar-refractivity contribution in [2.24, 2.45) is 5.92 Å². The van der Waals surface area contributed by atoms with E-state index in [9.17, 15) is 19.2 Å². The number of nitrogens with one attached hydrogen (secondary N) is 2. The second kappa shape index (κ2) is 8.80. The maximum atomic E-state index is 13.1. The third-order valence-electron chi connectivity index (χ3n) is 4.45. The van der Waals surface area contributed by atoms with Gasteiger partial charge >= 0.3 is 12.0 Å². The van der Waals surface area contributed by atoms with Crippen LogP contribution in [-0.4, -0.2) is 44.8 Å². The van der Waals surface area contributed by atoms with Gasteiger partial charge < -0.3 is 15.7 Å². The molecule has 1 aliphatic heterocycles. The zero-order valence-electron chi connectivity index (χ0n) is 16.1. The second-order valence-corrected chi connectivity index (χ2v) is 8.36. The van der Waals surface area contributed by atoms with E-state index in [1.54, 1.807) is 24.3 Å². The number of thiazole rings is 1. The number of carbonyl (C=O) groups is 4. The molecule has 1 aliphatic rings. The van der Waals surface area contributed by atoms with Gasteiger partial charge in [0.15, 0.2) is 10.8 Å². The van der Waals surface area contributed by atoms with Crippen LogP contribution in [0, 0.1) is 5.92 Å². The van der Waals surface area contributed by atoms with Gasteiger partial charge in [-0.3, -0.25) is 9.59 Å². The van der Waals surface area contributed by atoms with E-state index < -0.39 is 35.9 Å². The van der Waals surface area contributed by atoms with Crippen molar-refractivity contribution in [3.63, 3.8) is 0 Å². The quantitative estimate of drug-likeness (QED) is 0.556. The predicted octanol–water partition coefficient (Wildman–Crippen LogP) is 3.14. The molecule has 0 radical (unpaired) electrons. The number of carboxylic acid groups (broad SMARTS) is 1. The number of hydrogen-bond acceptors (Lipinski definition) is 6. The number of urea groups is 1. The number of imide groups is 1. The molecule has 2 aromatic rings. The van der Waals surface area contributed by atoms with Crippen molar-refractivity contribution in [2.45, 2.75) is 32.4 Å². The van der Waals surface area contributed by atoms with Crippen LogP contribution in [0.25, 0.3) is 0 Å². The first kappa shape index (κ1) is 21.7. The molecule has 0 bridgehead atoms. The van der Waals surface area contributed by atoms with Crippen molar-refractivity contribution < 1.29 is 24.3 Å². The number of carbonyl (C=O) groups excluding carboxylic acids is 3. The Morgan fingerprint density at radius 3 is 2.63 bits per heavy atom. The molecule has 1 saturated heterocycles. The molecule has 2 unspecified atom stereocenters. The predicted molar refractivity (Wildman–Crippen MR) is 111 cm³/mol. The van der Waals surface area contributed by atoms with Gasteiger partial charge in [-0.25, -0.2) is 19.5 Å². The Kier molecular flexibility index (Phi) is 6.37. The minimum Gasteiger partial charge on any atom is -0.476 e. The van der Waals surface area contributed by atoms with Gasteiger partial charge in [0.1, 0.15) is 12.1 Å². The highest BCUT2D eigenvalue weighted by molar-refractivity contribution is 7.14. The number of aromatic carboxylic acids is 1. The number of rotatable bonds is 7. The fourth-order valence-electron chi connectivity index (χ4n) is 3.10. The van der Waals surface area contributed by atoms with Crippen LogP contribution in [0.2, 0.25) is 5.02 Å². The fraction of sp³-hybridized carbons (Fsp3) is 0.316. The summed E-state index contributed by atoms with van der Waals surface area (Å²) in [5.41, 5.74) is 0.235. The fourth-order valence-corrected chi connectivity index (χ4v) is 4.04. The van der Waals surface area contributed by atoms with Gasteiger partial charge in [-0.15, -0.1) is 11.3 Å². The normalized spacial score (nSPS) is 17.2. The van der Waals surface area contributed by atoms with Crippen molar-refractivity contribution in [3.05, 3.63) is 45.9 Å². The number of amides is 4. The average molecular weight is 451 g/mol. The zero-order valence-corrected chi connectivity index (χ0v) is 17.7. The van der Waals surface area contributed by atoms with Gasteiger partial charge in [0.25, 0.3) is 5.91 Å². The van der Waals surface area contributed by atoms with Gasteiger partial charge in [-0.2, -0.15) is 0 Å². The highest BCUT2D eigenvalue weighted by Crippen LogP contribution is 2.30. The number of anilines is 1. The standard InChI is InChI=1S/C19H19ClN4O5S/c1-9(2)7-13(15(25)23-18-21-12(8-30-18)17(27)28)24-16(26)14(22-19(24)29)10-5-3-4-6-11(10)20/h3-6,8-9,13-14H,7H2,1-2H3,(H,22,29)(H,27,28)(H,21,23,25). The maximum absolute atomic E-state index is 13.1. The third-order valence-corrected chi connectivity index (χ3v) is 5.55. The van der Waals surface area contributed by atoms with Crippen LogP contribution in [0.15, 0.2) is 29.6 Å². The van der Waals surface area contributed by atoms with Crippen molar-refractivity contribution in [2.75, 3.05) is 5.32 Å². The molecule has 9 nitrogen and oxygen atoms in total. The topological polar surface area (TPSA) is 129 Å². The zero-order chi connectivity index (χ0) is 22.0. The van der Waals surface area contributed by atoms with Crippen LogP contribution >= 0.6 is 22.9 Å². The Morgan fingerprint density at radius 1 is 1.33 bits per heavy atom. The minimum absolute atomic E-state index is 0.00779.